The number of sulfonamides is 1. The number of rotatable bonds is 5. The van der Waals surface area contributed by atoms with E-state index in [2.05, 4.69) is 37.2 Å². The van der Waals surface area contributed by atoms with Gasteiger partial charge in [0.05, 0.1) is 10.8 Å². The molecule has 2 aliphatic rings. The van der Waals surface area contributed by atoms with Crippen molar-refractivity contribution in [1.82, 2.24) is 9.62 Å². The van der Waals surface area contributed by atoms with E-state index in [1.165, 1.54) is 16.1 Å². The van der Waals surface area contributed by atoms with Gasteiger partial charge in [-0.3, -0.25) is 4.79 Å². The molecule has 1 amide bonds. The molecule has 1 aliphatic carbocycles. The van der Waals surface area contributed by atoms with Crippen LogP contribution < -0.4 is 5.32 Å². The lowest BCUT2D eigenvalue weighted by Gasteiger charge is -2.23. The molecular weight excluding hydrogens is 468 g/mol. The summed E-state index contributed by atoms with van der Waals surface area (Å²) >= 11 is 8.08. The van der Waals surface area contributed by atoms with E-state index in [1.54, 1.807) is 18.2 Å². The molecule has 9 heteroatoms. The fourth-order valence-corrected chi connectivity index (χ4v) is 7.22. The smallest absolute Gasteiger partial charge is 0.245 e. The fourth-order valence-electron chi connectivity index (χ4n) is 2.37. The number of hydrogen-bond acceptors (Lipinski definition) is 4. The molecule has 2 fully saturated rings. The number of amides is 1. The van der Waals surface area contributed by atoms with Gasteiger partial charge in [-0.2, -0.15) is 4.31 Å². The van der Waals surface area contributed by atoms with E-state index < -0.39 is 16.1 Å². The van der Waals surface area contributed by atoms with Gasteiger partial charge in [0.15, 0.2) is 0 Å². The molecule has 1 atom stereocenters. The molecule has 1 saturated heterocycles. The topological polar surface area (TPSA) is 66.5 Å². The molecule has 3 rings (SSSR count). The second-order valence-corrected chi connectivity index (χ2v) is 10.3. The van der Waals surface area contributed by atoms with Gasteiger partial charge in [-0.25, -0.2) is 8.42 Å². The average Bonchev–Trinajstić information content (AvgIpc) is 3.17. The van der Waals surface area contributed by atoms with Crippen molar-refractivity contribution < 1.29 is 13.2 Å². The molecule has 1 saturated carbocycles. The van der Waals surface area contributed by atoms with Gasteiger partial charge in [0.25, 0.3) is 0 Å². The van der Waals surface area contributed by atoms with Crippen LogP contribution >= 0.6 is 43.6 Å². The average molecular weight is 484 g/mol. The Kier molecular flexibility index (Phi) is 5.42. The zero-order chi connectivity index (χ0) is 16.6. The Labute approximate surface area is 156 Å². The maximum atomic E-state index is 12.9. The molecule has 1 aromatic carbocycles. The zero-order valence-corrected chi connectivity index (χ0v) is 17.0. The Bertz CT molecular complexity index is 723. The molecule has 1 aliphatic heterocycles. The maximum absolute atomic E-state index is 12.9. The highest BCUT2D eigenvalue weighted by molar-refractivity contribution is 9.11. The SMILES string of the molecule is O=C(NCC1CC1)C1CSCN1S(=O)(=O)c1ccc(Br)cc1Br. The summed E-state index contributed by atoms with van der Waals surface area (Å²) in [6.07, 6.45) is 2.29. The van der Waals surface area contributed by atoms with E-state index in [0.29, 0.717) is 28.6 Å². The minimum Gasteiger partial charge on any atom is -0.354 e. The highest BCUT2D eigenvalue weighted by Crippen LogP contribution is 2.33. The maximum Gasteiger partial charge on any atom is 0.245 e. The van der Waals surface area contributed by atoms with Gasteiger partial charge < -0.3 is 5.32 Å². The largest absolute Gasteiger partial charge is 0.354 e. The summed E-state index contributed by atoms with van der Waals surface area (Å²) < 4.78 is 28.4. The quantitative estimate of drug-likeness (QED) is 0.699. The number of halogens is 2. The van der Waals surface area contributed by atoms with Crippen LogP contribution in [0.2, 0.25) is 0 Å². The highest BCUT2D eigenvalue weighted by atomic mass is 79.9. The third-order valence-corrected chi connectivity index (χ3v) is 8.39. The van der Waals surface area contributed by atoms with Crippen LogP contribution in [-0.4, -0.2) is 42.8 Å². The first-order valence-corrected chi connectivity index (χ1v) is 11.4. The Balaban J connectivity index is 1.81. The number of nitrogens with zero attached hydrogens (tertiary/aromatic N) is 1. The normalized spacial score (nSPS) is 22.3. The van der Waals surface area contributed by atoms with Crippen LogP contribution in [0.25, 0.3) is 0 Å². The number of carbonyl (C=O) groups is 1. The van der Waals surface area contributed by atoms with E-state index in [9.17, 15) is 13.2 Å². The van der Waals surface area contributed by atoms with Crippen molar-refractivity contribution in [2.45, 2.75) is 23.8 Å². The van der Waals surface area contributed by atoms with Gasteiger partial charge in [-0.15, -0.1) is 11.8 Å². The summed E-state index contributed by atoms with van der Waals surface area (Å²) in [5.74, 6) is 1.16. The van der Waals surface area contributed by atoms with Crippen molar-refractivity contribution in [2.24, 2.45) is 5.92 Å². The molecule has 1 unspecified atom stereocenters. The van der Waals surface area contributed by atoms with E-state index in [-0.39, 0.29) is 10.8 Å². The van der Waals surface area contributed by atoms with Crippen molar-refractivity contribution >= 4 is 59.6 Å². The summed E-state index contributed by atoms with van der Waals surface area (Å²) in [6, 6.07) is 4.28. The Morgan fingerprint density at radius 1 is 1.35 bits per heavy atom. The van der Waals surface area contributed by atoms with Gasteiger partial charge in [0, 0.05) is 21.2 Å². The summed E-state index contributed by atoms with van der Waals surface area (Å²) in [7, 11) is -3.72. The lowest BCUT2D eigenvalue weighted by atomic mass is 10.3. The van der Waals surface area contributed by atoms with Crippen molar-refractivity contribution in [2.75, 3.05) is 18.2 Å². The lowest BCUT2D eigenvalue weighted by Crippen LogP contribution is -2.47. The third kappa shape index (κ3) is 3.95. The monoisotopic (exact) mass is 482 g/mol. The third-order valence-electron chi connectivity index (χ3n) is 3.89. The number of benzene rings is 1. The van der Waals surface area contributed by atoms with Crippen molar-refractivity contribution in [1.29, 1.82) is 0 Å². The minimum absolute atomic E-state index is 0.184. The molecule has 0 aromatic heterocycles. The van der Waals surface area contributed by atoms with Crippen LogP contribution in [-0.2, 0) is 14.8 Å². The highest BCUT2D eigenvalue weighted by Gasteiger charge is 2.41. The van der Waals surface area contributed by atoms with Gasteiger partial charge >= 0.3 is 0 Å². The second-order valence-electron chi connectivity index (χ2n) is 5.67. The van der Waals surface area contributed by atoms with Crippen LogP contribution in [0.3, 0.4) is 0 Å². The van der Waals surface area contributed by atoms with Crippen LogP contribution in [0.4, 0.5) is 0 Å². The molecule has 0 spiro atoms. The Morgan fingerprint density at radius 2 is 2.09 bits per heavy atom. The summed E-state index contributed by atoms with van der Waals surface area (Å²) in [5, 5.41) is 2.89. The Morgan fingerprint density at radius 3 is 2.74 bits per heavy atom. The molecule has 23 heavy (non-hydrogen) atoms. The summed E-state index contributed by atoms with van der Waals surface area (Å²) in [5.41, 5.74) is 0. The van der Waals surface area contributed by atoms with Crippen molar-refractivity contribution in [3.05, 3.63) is 27.1 Å². The van der Waals surface area contributed by atoms with Gasteiger partial charge in [0.1, 0.15) is 6.04 Å². The number of nitrogens with one attached hydrogen (secondary N) is 1. The molecule has 1 N–H and O–H groups in total. The number of hydrogen-bond donors (Lipinski definition) is 1. The first-order valence-electron chi connectivity index (χ1n) is 7.22. The van der Waals surface area contributed by atoms with E-state index in [4.69, 9.17) is 0 Å². The predicted octanol–water partition coefficient (Wildman–Crippen LogP) is 2.80. The molecular formula is C14H16Br2N2O3S2. The van der Waals surface area contributed by atoms with Crippen LogP contribution in [0.5, 0.6) is 0 Å². The lowest BCUT2D eigenvalue weighted by molar-refractivity contribution is -0.123. The van der Waals surface area contributed by atoms with Crippen LogP contribution in [0.1, 0.15) is 12.8 Å². The molecule has 5 nitrogen and oxygen atoms in total. The molecule has 126 valence electrons. The Hall–Kier alpha value is -0.0900. The molecule has 1 aromatic rings. The second kappa shape index (κ2) is 7.03. The van der Waals surface area contributed by atoms with E-state index in [0.717, 1.165) is 17.3 Å². The van der Waals surface area contributed by atoms with Gasteiger partial charge in [-0.1, -0.05) is 15.9 Å². The van der Waals surface area contributed by atoms with Crippen molar-refractivity contribution in [3.63, 3.8) is 0 Å². The number of carbonyl (C=O) groups excluding carboxylic acids is 1. The van der Waals surface area contributed by atoms with Gasteiger partial charge in [-0.05, 0) is 52.9 Å². The van der Waals surface area contributed by atoms with Gasteiger partial charge in [0.2, 0.25) is 15.9 Å². The summed E-state index contributed by atoms with van der Waals surface area (Å²) in [4.78, 5) is 12.5. The fraction of sp³-hybridized carbons (Fsp3) is 0.500. The molecule has 0 radical (unpaired) electrons. The van der Waals surface area contributed by atoms with E-state index in [1.807, 2.05) is 0 Å². The van der Waals surface area contributed by atoms with E-state index >= 15 is 0 Å². The van der Waals surface area contributed by atoms with Crippen LogP contribution in [0.15, 0.2) is 32.0 Å². The standard InChI is InChI=1S/C14H16Br2N2O3S2/c15-10-3-4-13(11(16)5-10)23(20,21)18-8-22-7-12(18)14(19)17-6-9-1-2-9/h3-5,9,12H,1-2,6-8H2,(H,17,19). The zero-order valence-electron chi connectivity index (χ0n) is 12.2. The number of thioether (sulfide) groups is 1. The van der Waals surface area contributed by atoms with Crippen LogP contribution in [0, 0.1) is 5.92 Å². The van der Waals surface area contributed by atoms with Crippen molar-refractivity contribution in [3.8, 4) is 0 Å². The minimum atomic E-state index is -3.72. The predicted molar refractivity (Wildman–Crippen MR) is 97.7 cm³/mol. The summed E-state index contributed by atoms with van der Waals surface area (Å²) in [6.45, 7) is 0.649. The first kappa shape index (κ1) is 17.7. The first-order chi connectivity index (χ1) is 10.9. The molecule has 0 bridgehead atoms. The molecule has 1 heterocycles.